The number of rotatable bonds is 2. The van der Waals surface area contributed by atoms with Crippen molar-refractivity contribution in [1.29, 1.82) is 0 Å². The molecule has 4 rings (SSSR count). The number of hydrogen-bond acceptors (Lipinski definition) is 3. The lowest BCUT2D eigenvalue weighted by Gasteiger charge is -2.41. The van der Waals surface area contributed by atoms with Gasteiger partial charge in [0.05, 0.1) is 11.9 Å². The summed E-state index contributed by atoms with van der Waals surface area (Å²) in [5.74, 6) is 1.54. The molecule has 120 valence electrons. The first kappa shape index (κ1) is 14.4. The summed E-state index contributed by atoms with van der Waals surface area (Å²) < 4.78 is 0. The Hall–Kier alpha value is -2.17. The first-order valence-corrected chi connectivity index (χ1v) is 8.58. The Bertz CT molecular complexity index is 681. The minimum atomic E-state index is 0.0243. The third-order valence-corrected chi connectivity index (χ3v) is 5.28. The minimum Gasteiger partial charge on any atom is -0.337 e. The standard InChI is InChI=1S/C18H22N4O/c23-18(21-11-10-14-6-4-5-7-15(14)13-21)17-12-19-22(20-17)16-8-2-1-3-9-16/h1-3,8-9,12,14-15H,4-7,10-11,13H2/t14-,15-/m1/s1. The number of benzene rings is 1. The molecule has 1 saturated heterocycles. The van der Waals surface area contributed by atoms with Gasteiger partial charge < -0.3 is 4.90 Å². The molecule has 1 amide bonds. The average molecular weight is 310 g/mol. The Kier molecular flexibility index (Phi) is 3.85. The van der Waals surface area contributed by atoms with Gasteiger partial charge in [0.2, 0.25) is 0 Å². The van der Waals surface area contributed by atoms with Crippen LogP contribution < -0.4 is 0 Å². The molecule has 1 aliphatic heterocycles. The number of hydrogen-bond donors (Lipinski definition) is 0. The van der Waals surface area contributed by atoms with Crippen LogP contribution in [0.15, 0.2) is 36.5 Å². The summed E-state index contributed by atoms with van der Waals surface area (Å²) in [4.78, 5) is 16.2. The Labute approximate surface area is 136 Å². The van der Waals surface area contributed by atoms with E-state index in [0.717, 1.165) is 31.1 Å². The highest BCUT2D eigenvalue weighted by molar-refractivity contribution is 5.92. The summed E-state index contributed by atoms with van der Waals surface area (Å²) in [6, 6.07) is 9.69. The van der Waals surface area contributed by atoms with Crippen LogP contribution in [-0.2, 0) is 0 Å². The van der Waals surface area contributed by atoms with Gasteiger partial charge in [0, 0.05) is 13.1 Å². The third-order valence-electron chi connectivity index (χ3n) is 5.28. The second kappa shape index (κ2) is 6.14. The van der Waals surface area contributed by atoms with Crippen molar-refractivity contribution in [1.82, 2.24) is 19.9 Å². The normalized spacial score (nSPS) is 24.3. The molecule has 1 aromatic carbocycles. The number of amides is 1. The quantitative estimate of drug-likeness (QED) is 0.857. The van der Waals surface area contributed by atoms with Crippen molar-refractivity contribution in [3.8, 4) is 5.69 Å². The molecule has 1 aromatic heterocycles. The average Bonchev–Trinajstić information content (AvgIpc) is 3.11. The lowest BCUT2D eigenvalue weighted by molar-refractivity contribution is 0.0515. The summed E-state index contributed by atoms with van der Waals surface area (Å²) in [6.07, 6.45) is 8.02. The minimum absolute atomic E-state index is 0.0243. The number of para-hydroxylation sites is 1. The van der Waals surface area contributed by atoms with Crippen molar-refractivity contribution in [2.24, 2.45) is 11.8 Å². The van der Waals surface area contributed by atoms with Crippen LogP contribution in [0.4, 0.5) is 0 Å². The molecule has 0 bridgehead atoms. The molecule has 5 heteroatoms. The highest BCUT2D eigenvalue weighted by Crippen LogP contribution is 2.36. The van der Waals surface area contributed by atoms with Gasteiger partial charge in [-0.15, -0.1) is 5.10 Å². The number of piperidine rings is 1. The van der Waals surface area contributed by atoms with Crippen molar-refractivity contribution in [3.63, 3.8) is 0 Å². The third kappa shape index (κ3) is 2.87. The molecule has 1 saturated carbocycles. The zero-order valence-electron chi connectivity index (χ0n) is 13.3. The molecule has 2 atom stereocenters. The lowest BCUT2D eigenvalue weighted by atomic mass is 9.75. The predicted molar refractivity (Wildman–Crippen MR) is 87.3 cm³/mol. The van der Waals surface area contributed by atoms with E-state index in [1.807, 2.05) is 35.2 Å². The molecule has 1 aliphatic carbocycles. The molecule has 2 aromatic rings. The molecule has 0 unspecified atom stereocenters. The molecule has 2 fully saturated rings. The Morgan fingerprint density at radius 1 is 1.04 bits per heavy atom. The first-order chi connectivity index (χ1) is 11.3. The lowest BCUT2D eigenvalue weighted by Crippen LogP contribution is -2.44. The van der Waals surface area contributed by atoms with E-state index < -0.39 is 0 Å². The number of aromatic nitrogens is 3. The molecule has 5 nitrogen and oxygen atoms in total. The maximum atomic E-state index is 12.7. The van der Waals surface area contributed by atoms with Gasteiger partial charge >= 0.3 is 0 Å². The number of carbonyl (C=O) groups is 1. The van der Waals surface area contributed by atoms with Crippen LogP contribution in [-0.4, -0.2) is 38.9 Å². The SMILES string of the molecule is O=C(c1cnn(-c2ccccc2)n1)N1CC[C@H]2CCCC[C@@H]2C1. The van der Waals surface area contributed by atoms with Gasteiger partial charge in [-0.2, -0.15) is 9.90 Å². The van der Waals surface area contributed by atoms with E-state index in [0.29, 0.717) is 11.6 Å². The first-order valence-electron chi connectivity index (χ1n) is 8.58. The fraction of sp³-hybridized carbons (Fsp3) is 0.500. The molecule has 2 heterocycles. The molecule has 23 heavy (non-hydrogen) atoms. The summed E-state index contributed by atoms with van der Waals surface area (Å²) in [6.45, 7) is 1.75. The fourth-order valence-corrected chi connectivity index (χ4v) is 3.99. The number of fused-ring (bicyclic) bond motifs is 1. The highest BCUT2D eigenvalue weighted by atomic mass is 16.2. The maximum Gasteiger partial charge on any atom is 0.276 e. The van der Waals surface area contributed by atoms with E-state index in [9.17, 15) is 4.79 Å². The summed E-state index contributed by atoms with van der Waals surface area (Å²) >= 11 is 0. The van der Waals surface area contributed by atoms with Crippen LogP contribution in [0.25, 0.3) is 5.69 Å². The van der Waals surface area contributed by atoms with E-state index in [1.54, 1.807) is 6.20 Å². The highest BCUT2D eigenvalue weighted by Gasteiger charge is 2.33. The molecular formula is C18H22N4O. The van der Waals surface area contributed by atoms with Gasteiger partial charge in [0.15, 0.2) is 5.69 Å². The Morgan fingerprint density at radius 3 is 2.65 bits per heavy atom. The van der Waals surface area contributed by atoms with Crippen molar-refractivity contribution in [2.75, 3.05) is 13.1 Å². The number of nitrogens with zero attached hydrogens (tertiary/aromatic N) is 4. The molecule has 0 spiro atoms. The van der Waals surface area contributed by atoms with E-state index in [1.165, 1.54) is 30.5 Å². The van der Waals surface area contributed by atoms with Crippen molar-refractivity contribution in [3.05, 3.63) is 42.2 Å². The topological polar surface area (TPSA) is 51.0 Å². The molecule has 0 N–H and O–H groups in total. The van der Waals surface area contributed by atoms with E-state index in [4.69, 9.17) is 0 Å². The number of likely N-dealkylation sites (tertiary alicyclic amines) is 1. The van der Waals surface area contributed by atoms with Gasteiger partial charge in [0.25, 0.3) is 5.91 Å². The van der Waals surface area contributed by atoms with E-state index >= 15 is 0 Å². The van der Waals surface area contributed by atoms with Gasteiger partial charge in [-0.05, 0) is 36.8 Å². The van der Waals surface area contributed by atoms with Gasteiger partial charge in [-0.1, -0.05) is 37.5 Å². The fourth-order valence-electron chi connectivity index (χ4n) is 3.99. The maximum absolute atomic E-state index is 12.7. The van der Waals surface area contributed by atoms with Crippen LogP contribution in [0.2, 0.25) is 0 Å². The van der Waals surface area contributed by atoms with E-state index in [2.05, 4.69) is 10.2 Å². The zero-order valence-corrected chi connectivity index (χ0v) is 13.3. The largest absolute Gasteiger partial charge is 0.337 e. The second-order valence-corrected chi connectivity index (χ2v) is 6.70. The molecule has 0 radical (unpaired) electrons. The van der Waals surface area contributed by atoms with Crippen LogP contribution in [0, 0.1) is 11.8 Å². The van der Waals surface area contributed by atoms with Crippen LogP contribution in [0.1, 0.15) is 42.6 Å². The summed E-state index contributed by atoms with van der Waals surface area (Å²) in [7, 11) is 0. The number of carbonyl (C=O) groups excluding carboxylic acids is 1. The molecule has 2 aliphatic rings. The van der Waals surface area contributed by atoms with Crippen LogP contribution in [0.5, 0.6) is 0 Å². The summed E-state index contributed by atoms with van der Waals surface area (Å²) in [5, 5.41) is 8.62. The van der Waals surface area contributed by atoms with Crippen LogP contribution >= 0.6 is 0 Å². The van der Waals surface area contributed by atoms with Gasteiger partial charge in [-0.25, -0.2) is 0 Å². The zero-order chi connectivity index (χ0) is 15.6. The molecular weight excluding hydrogens is 288 g/mol. The Morgan fingerprint density at radius 2 is 1.83 bits per heavy atom. The predicted octanol–water partition coefficient (Wildman–Crippen LogP) is 2.92. The van der Waals surface area contributed by atoms with Gasteiger partial charge in [0.1, 0.15) is 0 Å². The van der Waals surface area contributed by atoms with Gasteiger partial charge in [-0.3, -0.25) is 4.79 Å². The van der Waals surface area contributed by atoms with Crippen molar-refractivity contribution < 1.29 is 4.79 Å². The monoisotopic (exact) mass is 310 g/mol. The summed E-state index contributed by atoms with van der Waals surface area (Å²) in [5.41, 5.74) is 1.32. The van der Waals surface area contributed by atoms with Crippen molar-refractivity contribution in [2.45, 2.75) is 32.1 Å². The second-order valence-electron chi connectivity index (χ2n) is 6.70. The smallest absolute Gasteiger partial charge is 0.276 e. The van der Waals surface area contributed by atoms with Crippen LogP contribution in [0.3, 0.4) is 0 Å². The Balaban J connectivity index is 1.48. The van der Waals surface area contributed by atoms with E-state index in [-0.39, 0.29) is 5.91 Å². The van der Waals surface area contributed by atoms with Crippen molar-refractivity contribution >= 4 is 5.91 Å².